The summed E-state index contributed by atoms with van der Waals surface area (Å²) in [7, 11) is 3.35. The summed E-state index contributed by atoms with van der Waals surface area (Å²) >= 11 is 0. The van der Waals surface area contributed by atoms with E-state index < -0.39 is 0 Å². The van der Waals surface area contributed by atoms with E-state index in [1.54, 1.807) is 20.4 Å². The van der Waals surface area contributed by atoms with Crippen molar-refractivity contribution in [2.24, 2.45) is 0 Å². The van der Waals surface area contributed by atoms with Crippen LogP contribution >= 0.6 is 0 Å². The van der Waals surface area contributed by atoms with Gasteiger partial charge in [0.2, 0.25) is 5.95 Å². The Morgan fingerprint density at radius 1 is 1.04 bits per heavy atom. The van der Waals surface area contributed by atoms with Gasteiger partial charge in [0.25, 0.3) is 0 Å². The van der Waals surface area contributed by atoms with Gasteiger partial charge in [-0.3, -0.25) is 0 Å². The maximum atomic E-state index is 5.74. The first-order chi connectivity index (χ1) is 13.6. The van der Waals surface area contributed by atoms with Crippen LogP contribution in [0.3, 0.4) is 0 Å². The van der Waals surface area contributed by atoms with Crippen molar-refractivity contribution in [2.45, 2.75) is 25.7 Å². The number of benzene rings is 1. The predicted molar refractivity (Wildman–Crippen MR) is 110 cm³/mol. The second-order valence-corrected chi connectivity index (χ2v) is 7.09. The Labute approximate surface area is 164 Å². The largest absolute Gasteiger partial charge is 0.496 e. The molecule has 7 nitrogen and oxygen atoms in total. The third-order valence-electron chi connectivity index (χ3n) is 5.44. The average molecular weight is 379 g/mol. The maximum Gasteiger partial charge on any atom is 0.220 e. The number of hydrogen-bond acceptors (Lipinski definition) is 7. The van der Waals surface area contributed by atoms with Gasteiger partial charge in [-0.25, -0.2) is 15.0 Å². The van der Waals surface area contributed by atoms with Crippen molar-refractivity contribution >= 4 is 22.7 Å². The lowest BCUT2D eigenvalue weighted by Crippen LogP contribution is -2.33. The zero-order chi connectivity index (χ0) is 19.7. The standard InChI is InChI=1S/C21H25N5O2/c1-13-12-18(25-20-17(28-3)5-4-16(27-2)19(13)20)26-10-7-14(8-11-26)15-6-9-23-21(22)24-15/h4-6,9,12,14H,7-8,10-11H2,1-3H3,(H2,22,23,24). The summed E-state index contributed by atoms with van der Waals surface area (Å²) in [5.41, 5.74) is 8.73. The number of aromatic nitrogens is 3. The van der Waals surface area contributed by atoms with E-state index >= 15 is 0 Å². The van der Waals surface area contributed by atoms with Crippen LogP contribution in [0.2, 0.25) is 0 Å². The van der Waals surface area contributed by atoms with Gasteiger partial charge in [0, 0.05) is 36.3 Å². The van der Waals surface area contributed by atoms with Crippen molar-refractivity contribution in [3.8, 4) is 11.5 Å². The number of nitrogen functional groups attached to an aromatic ring is 1. The van der Waals surface area contributed by atoms with Gasteiger partial charge in [-0.2, -0.15) is 0 Å². The second-order valence-electron chi connectivity index (χ2n) is 7.09. The molecule has 1 fully saturated rings. The summed E-state index contributed by atoms with van der Waals surface area (Å²) in [6.45, 7) is 3.92. The third kappa shape index (κ3) is 3.28. The number of fused-ring (bicyclic) bond motifs is 1. The molecule has 2 N–H and O–H groups in total. The van der Waals surface area contributed by atoms with Crippen LogP contribution in [0.4, 0.5) is 11.8 Å². The fourth-order valence-electron chi connectivity index (χ4n) is 3.98. The van der Waals surface area contributed by atoms with E-state index in [1.807, 2.05) is 18.2 Å². The Morgan fingerprint density at radius 3 is 2.43 bits per heavy atom. The van der Waals surface area contributed by atoms with Crippen molar-refractivity contribution in [2.75, 3.05) is 37.9 Å². The Kier molecular flexibility index (Phi) is 4.90. The molecule has 1 aliphatic rings. The van der Waals surface area contributed by atoms with Crippen molar-refractivity contribution in [3.63, 3.8) is 0 Å². The molecule has 4 rings (SSSR count). The summed E-state index contributed by atoms with van der Waals surface area (Å²) < 4.78 is 11.1. The molecule has 0 aliphatic carbocycles. The number of rotatable bonds is 4. The minimum atomic E-state index is 0.341. The smallest absolute Gasteiger partial charge is 0.220 e. The highest BCUT2D eigenvalue weighted by Crippen LogP contribution is 2.37. The van der Waals surface area contributed by atoms with Crippen LogP contribution in [-0.2, 0) is 0 Å². The van der Waals surface area contributed by atoms with Crippen LogP contribution in [0.1, 0.15) is 30.0 Å². The molecular formula is C21H25N5O2. The van der Waals surface area contributed by atoms with Gasteiger partial charge in [0.05, 0.1) is 14.2 Å². The zero-order valence-corrected chi connectivity index (χ0v) is 16.5. The first-order valence-electron chi connectivity index (χ1n) is 9.46. The van der Waals surface area contributed by atoms with Crippen LogP contribution in [0.5, 0.6) is 11.5 Å². The molecule has 0 atom stereocenters. The fraction of sp³-hybridized carbons (Fsp3) is 0.381. The van der Waals surface area contributed by atoms with Gasteiger partial charge >= 0.3 is 0 Å². The molecule has 1 saturated heterocycles. The molecule has 0 unspecified atom stereocenters. The molecule has 1 aromatic carbocycles. The molecule has 3 aromatic rings. The van der Waals surface area contributed by atoms with Crippen molar-refractivity contribution in [1.82, 2.24) is 15.0 Å². The molecule has 0 spiro atoms. The Hall–Kier alpha value is -3.09. The predicted octanol–water partition coefficient (Wildman–Crippen LogP) is 3.32. The van der Waals surface area contributed by atoms with E-state index in [0.717, 1.165) is 65.4 Å². The summed E-state index contributed by atoms with van der Waals surface area (Å²) in [6.07, 6.45) is 3.74. The average Bonchev–Trinajstić information content (AvgIpc) is 2.73. The first kappa shape index (κ1) is 18.3. The van der Waals surface area contributed by atoms with Crippen molar-refractivity contribution in [1.29, 1.82) is 0 Å². The first-order valence-corrected chi connectivity index (χ1v) is 9.46. The van der Waals surface area contributed by atoms with Crippen LogP contribution in [0.15, 0.2) is 30.5 Å². The van der Waals surface area contributed by atoms with Gasteiger partial charge in [-0.05, 0) is 49.6 Å². The monoisotopic (exact) mass is 379 g/mol. The lowest BCUT2D eigenvalue weighted by molar-refractivity contribution is 0.409. The number of pyridine rings is 1. The molecule has 0 radical (unpaired) electrons. The van der Waals surface area contributed by atoms with Gasteiger partial charge in [-0.1, -0.05) is 0 Å². The van der Waals surface area contributed by atoms with Gasteiger partial charge in [-0.15, -0.1) is 0 Å². The van der Waals surface area contributed by atoms with E-state index in [0.29, 0.717) is 11.9 Å². The Morgan fingerprint density at radius 2 is 1.75 bits per heavy atom. The van der Waals surface area contributed by atoms with Crippen molar-refractivity contribution in [3.05, 3.63) is 41.7 Å². The SMILES string of the molecule is COc1ccc(OC)c2c(C)cc(N3CCC(c4ccnc(N)n4)CC3)nc12. The lowest BCUT2D eigenvalue weighted by atomic mass is 9.93. The second kappa shape index (κ2) is 7.50. The highest BCUT2D eigenvalue weighted by atomic mass is 16.5. The molecule has 1 aliphatic heterocycles. The molecule has 0 bridgehead atoms. The van der Waals surface area contributed by atoms with Crippen LogP contribution in [0, 0.1) is 6.92 Å². The molecule has 0 amide bonds. The van der Waals surface area contributed by atoms with E-state index in [9.17, 15) is 0 Å². The summed E-state index contributed by atoms with van der Waals surface area (Å²) in [4.78, 5) is 15.6. The number of anilines is 2. The van der Waals surface area contributed by atoms with Crippen molar-refractivity contribution < 1.29 is 9.47 Å². The third-order valence-corrected chi connectivity index (χ3v) is 5.44. The molecule has 28 heavy (non-hydrogen) atoms. The molecule has 146 valence electrons. The lowest BCUT2D eigenvalue weighted by Gasteiger charge is -2.33. The normalized spacial score (nSPS) is 15.0. The molecule has 2 aromatic heterocycles. The molecule has 3 heterocycles. The summed E-state index contributed by atoms with van der Waals surface area (Å²) in [5, 5.41) is 0.997. The highest BCUT2D eigenvalue weighted by Gasteiger charge is 2.24. The number of nitrogens with zero attached hydrogens (tertiary/aromatic N) is 4. The number of aryl methyl sites for hydroxylation is 1. The van der Waals surface area contributed by atoms with E-state index in [1.165, 1.54) is 0 Å². The minimum absolute atomic E-state index is 0.341. The summed E-state index contributed by atoms with van der Waals surface area (Å²) in [6, 6.07) is 7.93. The van der Waals surface area contributed by atoms with E-state index in [-0.39, 0.29) is 0 Å². The fourth-order valence-corrected chi connectivity index (χ4v) is 3.98. The number of nitrogens with two attached hydrogens (primary N) is 1. The van der Waals surface area contributed by atoms with Gasteiger partial charge in [0.1, 0.15) is 22.8 Å². The zero-order valence-electron chi connectivity index (χ0n) is 16.5. The Balaban J connectivity index is 1.62. The highest BCUT2D eigenvalue weighted by molar-refractivity contribution is 5.94. The molecular weight excluding hydrogens is 354 g/mol. The molecule has 7 heteroatoms. The van der Waals surface area contributed by atoms with Crippen LogP contribution in [-0.4, -0.2) is 42.3 Å². The maximum absolute atomic E-state index is 5.74. The number of methoxy groups -OCH3 is 2. The minimum Gasteiger partial charge on any atom is -0.496 e. The van der Waals surface area contributed by atoms with Gasteiger partial charge in [0.15, 0.2) is 0 Å². The van der Waals surface area contributed by atoms with Gasteiger partial charge < -0.3 is 20.1 Å². The summed E-state index contributed by atoms with van der Waals surface area (Å²) in [5.74, 6) is 3.28. The number of piperidine rings is 1. The number of hydrogen-bond donors (Lipinski definition) is 1. The van der Waals surface area contributed by atoms with Crippen LogP contribution in [0.25, 0.3) is 10.9 Å². The Bertz CT molecular complexity index is 999. The topological polar surface area (TPSA) is 86.4 Å². The molecule has 0 saturated carbocycles. The van der Waals surface area contributed by atoms with Crippen LogP contribution < -0.4 is 20.1 Å². The quantitative estimate of drug-likeness (QED) is 0.744. The van der Waals surface area contributed by atoms with E-state index in [4.69, 9.17) is 20.2 Å². The number of ether oxygens (including phenoxy) is 2. The van der Waals surface area contributed by atoms with E-state index in [2.05, 4.69) is 27.9 Å².